The number of hydrogen-bond donors (Lipinski definition) is 1. The molecule has 0 spiro atoms. The molecule has 0 atom stereocenters. The van der Waals surface area contributed by atoms with Crippen LogP contribution in [0, 0.1) is 0 Å². The molecule has 1 heterocycles. The SMILES string of the molecule is CCN(CC)c1ncc(CNCc2ccccc2COCc2ccccc2)s1.Cl. The number of hydrogen-bond acceptors (Lipinski definition) is 5. The van der Waals surface area contributed by atoms with Gasteiger partial charge in [-0.3, -0.25) is 0 Å². The summed E-state index contributed by atoms with van der Waals surface area (Å²) in [7, 11) is 0. The van der Waals surface area contributed by atoms with Crippen LogP contribution in [0.25, 0.3) is 0 Å². The fourth-order valence-corrected chi connectivity index (χ4v) is 4.07. The first-order valence-electron chi connectivity index (χ1n) is 9.89. The Morgan fingerprint density at radius 2 is 1.59 bits per heavy atom. The van der Waals surface area contributed by atoms with E-state index in [0.29, 0.717) is 13.2 Å². The zero-order valence-electron chi connectivity index (χ0n) is 17.1. The number of ether oxygens (including phenoxy) is 1. The van der Waals surface area contributed by atoms with Crippen LogP contribution in [-0.2, 0) is 31.0 Å². The molecular weight excluding hydrogens is 402 g/mol. The van der Waals surface area contributed by atoms with Gasteiger partial charge in [0.15, 0.2) is 5.13 Å². The second-order valence-corrected chi connectivity index (χ2v) is 7.73. The summed E-state index contributed by atoms with van der Waals surface area (Å²) in [6.07, 6.45) is 1.99. The predicted octanol–water partition coefficient (Wildman–Crippen LogP) is 5.42. The minimum absolute atomic E-state index is 0. The standard InChI is InChI=1S/C23H29N3OS.ClH/c1-3-26(4-2)23-25-16-22(28-23)15-24-14-20-12-8-9-13-21(20)18-27-17-19-10-6-5-7-11-19;/h5-13,16,24H,3-4,14-15,17-18H2,1-2H3;1H. The summed E-state index contributed by atoms with van der Waals surface area (Å²) in [5.74, 6) is 0. The summed E-state index contributed by atoms with van der Waals surface area (Å²) in [5, 5.41) is 4.66. The molecule has 0 fully saturated rings. The van der Waals surface area contributed by atoms with E-state index in [-0.39, 0.29) is 12.4 Å². The van der Waals surface area contributed by atoms with Crippen molar-refractivity contribution in [3.8, 4) is 0 Å². The Morgan fingerprint density at radius 1 is 0.897 bits per heavy atom. The molecule has 0 unspecified atom stereocenters. The molecule has 0 amide bonds. The Bertz CT molecular complexity index is 837. The maximum Gasteiger partial charge on any atom is 0.185 e. The van der Waals surface area contributed by atoms with Gasteiger partial charge in [-0.1, -0.05) is 54.6 Å². The van der Waals surface area contributed by atoms with Crippen molar-refractivity contribution in [2.45, 2.75) is 40.2 Å². The van der Waals surface area contributed by atoms with Crippen LogP contribution in [-0.4, -0.2) is 18.1 Å². The van der Waals surface area contributed by atoms with Gasteiger partial charge in [0.05, 0.1) is 13.2 Å². The van der Waals surface area contributed by atoms with E-state index in [1.807, 2.05) is 24.4 Å². The smallest absolute Gasteiger partial charge is 0.185 e. The Kier molecular flexibility index (Phi) is 10.2. The molecule has 2 aromatic carbocycles. The number of thiazole rings is 1. The molecule has 0 aliphatic rings. The summed E-state index contributed by atoms with van der Waals surface area (Å²) in [6.45, 7) is 9.23. The highest BCUT2D eigenvalue weighted by molar-refractivity contribution is 7.15. The van der Waals surface area contributed by atoms with Gasteiger partial charge >= 0.3 is 0 Å². The van der Waals surface area contributed by atoms with Gasteiger partial charge in [0.25, 0.3) is 0 Å². The lowest BCUT2D eigenvalue weighted by atomic mass is 10.1. The molecular formula is C23H30ClN3OS. The number of nitrogens with one attached hydrogen (secondary N) is 1. The molecule has 0 saturated carbocycles. The molecule has 0 radical (unpaired) electrons. The first-order valence-corrected chi connectivity index (χ1v) is 10.7. The third-order valence-corrected chi connectivity index (χ3v) is 5.74. The van der Waals surface area contributed by atoms with Crippen LogP contribution in [0.5, 0.6) is 0 Å². The first kappa shape index (κ1) is 23.4. The van der Waals surface area contributed by atoms with Crippen LogP contribution in [0.4, 0.5) is 5.13 Å². The highest BCUT2D eigenvalue weighted by atomic mass is 35.5. The van der Waals surface area contributed by atoms with Crippen molar-refractivity contribution in [3.63, 3.8) is 0 Å². The molecule has 3 aromatic rings. The highest BCUT2D eigenvalue weighted by Gasteiger charge is 2.08. The third kappa shape index (κ3) is 7.12. The van der Waals surface area contributed by atoms with Crippen LogP contribution in [0.1, 0.15) is 35.4 Å². The molecule has 1 aromatic heterocycles. The van der Waals surface area contributed by atoms with Crippen molar-refractivity contribution in [1.82, 2.24) is 10.3 Å². The molecule has 0 aliphatic heterocycles. The molecule has 0 bridgehead atoms. The Balaban J connectivity index is 0.00000300. The average Bonchev–Trinajstić information content (AvgIpc) is 3.19. The molecule has 4 nitrogen and oxygen atoms in total. The topological polar surface area (TPSA) is 37.4 Å². The van der Waals surface area contributed by atoms with Crippen molar-refractivity contribution in [2.24, 2.45) is 0 Å². The van der Waals surface area contributed by atoms with Crippen LogP contribution in [0.2, 0.25) is 0 Å². The molecule has 156 valence electrons. The van der Waals surface area contributed by atoms with Crippen molar-refractivity contribution < 1.29 is 4.74 Å². The summed E-state index contributed by atoms with van der Waals surface area (Å²) in [4.78, 5) is 8.10. The van der Waals surface area contributed by atoms with E-state index in [1.165, 1.54) is 21.6 Å². The number of benzene rings is 2. The van der Waals surface area contributed by atoms with Gasteiger partial charge in [-0.15, -0.1) is 23.7 Å². The Morgan fingerprint density at radius 3 is 2.31 bits per heavy atom. The van der Waals surface area contributed by atoms with Crippen molar-refractivity contribution in [1.29, 1.82) is 0 Å². The summed E-state index contributed by atoms with van der Waals surface area (Å²) in [6, 6.07) is 18.8. The monoisotopic (exact) mass is 431 g/mol. The number of halogens is 1. The number of anilines is 1. The average molecular weight is 432 g/mol. The van der Waals surface area contributed by atoms with E-state index in [9.17, 15) is 0 Å². The van der Waals surface area contributed by atoms with Gasteiger partial charge in [0.2, 0.25) is 0 Å². The van der Waals surface area contributed by atoms with E-state index in [0.717, 1.165) is 31.3 Å². The second-order valence-electron chi connectivity index (χ2n) is 6.63. The Labute approximate surface area is 184 Å². The van der Waals surface area contributed by atoms with Crippen LogP contribution >= 0.6 is 23.7 Å². The third-order valence-electron chi connectivity index (χ3n) is 4.68. The van der Waals surface area contributed by atoms with Crippen molar-refractivity contribution >= 4 is 28.9 Å². The molecule has 0 saturated heterocycles. The van der Waals surface area contributed by atoms with Crippen LogP contribution < -0.4 is 10.2 Å². The van der Waals surface area contributed by atoms with Gasteiger partial charge in [0.1, 0.15) is 0 Å². The van der Waals surface area contributed by atoms with Gasteiger partial charge < -0.3 is 15.0 Å². The van der Waals surface area contributed by atoms with Crippen molar-refractivity contribution in [3.05, 3.63) is 82.4 Å². The normalized spacial score (nSPS) is 10.6. The second kappa shape index (κ2) is 12.6. The highest BCUT2D eigenvalue weighted by Crippen LogP contribution is 2.22. The quantitative estimate of drug-likeness (QED) is 0.440. The van der Waals surface area contributed by atoms with E-state index in [2.05, 4.69) is 65.4 Å². The van der Waals surface area contributed by atoms with Gasteiger partial charge in [-0.05, 0) is 30.5 Å². The summed E-state index contributed by atoms with van der Waals surface area (Å²) >= 11 is 1.77. The van der Waals surface area contributed by atoms with Crippen LogP contribution in [0.3, 0.4) is 0 Å². The molecule has 29 heavy (non-hydrogen) atoms. The fourth-order valence-electron chi connectivity index (χ4n) is 3.06. The molecule has 6 heteroatoms. The molecule has 1 N–H and O–H groups in total. The van der Waals surface area contributed by atoms with E-state index in [1.54, 1.807) is 11.3 Å². The summed E-state index contributed by atoms with van der Waals surface area (Å²) in [5.41, 5.74) is 3.72. The van der Waals surface area contributed by atoms with E-state index >= 15 is 0 Å². The number of rotatable bonds is 11. The minimum Gasteiger partial charge on any atom is -0.372 e. The lowest BCUT2D eigenvalue weighted by Gasteiger charge is -2.16. The largest absolute Gasteiger partial charge is 0.372 e. The number of nitrogens with zero attached hydrogens (tertiary/aromatic N) is 2. The van der Waals surface area contributed by atoms with Gasteiger partial charge in [0, 0.05) is 37.3 Å². The van der Waals surface area contributed by atoms with E-state index < -0.39 is 0 Å². The molecule has 0 aliphatic carbocycles. The zero-order valence-corrected chi connectivity index (χ0v) is 18.8. The minimum atomic E-state index is 0. The molecule has 3 rings (SSSR count). The van der Waals surface area contributed by atoms with Crippen LogP contribution in [0.15, 0.2) is 60.8 Å². The maximum atomic E-state index is 5.92. The van der Waals surface area contributed by atoms with Gasteiger partial charge in [-0.25, -0.2) is 4.98 Å². The fraction of sp³-hybridized carbons (Fsp3) is 0.348. The lowest BCUT2D eigenvalue weighted by Crippen LogP contribution is -2.21. The number of aromatic nitrogens is 1. The lowest BCUT2D eigenvalue weighted by molar-refractivity contribution is 0.106. The zero-order chi connectivity index (χ0) is 19.6. The van der Waals surface area contributed by atoms with Crippen molar-refractivity contribution in [2.75, 3.05) is 18.0 Å². The maximum absolute atomic E-state index is 5.92. The van der Waals surface area contributed by atoms with E-state index in [4.69, 9.17) is 4.74 Å². The predicted molar refractivity (Wildman–Crippen MR) is 125 cm³/mol. The first-order chi connectivity index (χ1) is 13.8. The Hall–Kier alpha value is -1.92. The van der Waals surface area contributed by atoms with Gasteiger partial charge in [-0.2, -0.15) is 0 Å². The summed E-state index contributed by atoms with van der Waals surface area (Å²) < 4.78 is 5.92.